The molecule has 0 bridgehead atoms. The molecule has 3 aromatic rings. The van der Waals surface area contributed by atoms with E-state index in [0.29, 0.717) is 19.8 Å². The van der Waals surface area contributed by atoms with E-state index in [4.69, 9.17) is 23.7 Å². The number of ether oxygens (including phenoxy) is 5. The zero-order valence-corrected chi connectivity index (χ0v) is 33.9. The first-order chi connectivity index (χ1) is 26.1. The van der Waals surface area contributed by atoms with Gasteiger partial charge in [-0.05, 0) is 64.2 Å². The number of hydrogen-bond donors (Lipinski definition) is 0. The van der Waals surface area contributed by atoms with Gasteiger partial charge in [-0.15, -0.1) is 0 Å². The maximum absolute atomic E-state index is 14.0. The quantitative estimate of drug-likeness (QED) is 0.0712. The summed E-state index contributed by atoms with van der Waals surface area (Å²) < 4.78 is 33.1. The van der Waals surface area contributed by atoms with Crippen molar-refractivity contribution in [3.05, 3.63) is 120 Å². The Kier molecular flexibility index (Phi) is 18.2. The number of unbranched alkanes of at least 4 members (excludes halogenated alkanes) is 9. The van der Waals surface area contributed by atoms with Crippen molar-refractivity contribution < 1.29 is 28.5 Å². The minimum Gasteiger partial charge on any atom is -0.444 e. The van der Waals surface area contributed by atoms with E-state index in [2.05, 4.69) is 43.3 Å². The Morgan fingerprint density at radius 3 is 1.74 bits per heavy atom. The third-order valence-electron chi connectivity index (χ3n) is 9.79. The van der Waals surface area contributed by atoms with Crippen LogP contribution in [0.5, 0.6) is 0 Å². The largest absolute Gasteiger partial charge is 0.444 e. The highest BCUT2D eigenvalue weighted by Gasteiger charge is 2.52. The van der Waals surface area contributed by atoms with Crippen molar-refractivity contribution in [2.45, 2.75) is 161 Å². The van der Waals surface area contributed by atoms with E-state index in [1.54, 1.807) is 4.90 Å². The second-order valence-corrected chi connectivity index (χ2v) is 16.0. The number of amides is 1. The Bertz CT molecular complexity index is 1470. The number of hydrogen-bond acceptors (Lipinski definition) is 6. The molecule has 0 aromatic heterocycles. The van der Waals surface area contributed by atoms with Crippen LogP contribution in [0.2, 0.25) is 0 Å². The minimum atomic E-state index is -0.933. The number of benzene rings is 3. The number of carbonyl (C=O) groups excluding carboxylic acids is 1. The lowest BCUT2D eigenvalue weighted by Gasteiger charge is -2.41. The van der Waals surface area contributed by atoms with Crippen molar-refractivity contribution in [2.75, 3.05) is 6.61 Å². The second-order valence-electron chi connectivity index (χ2n) is 16.0. The van der Waals surface area contributed by atoms with Crippen molar-refractivity contribution in [1.82, 2.24) is 4.90 Å². The topological polar surface area (TPSA) is 66.5 Å². The van der Waals surface area contributed by atoms with Gasteiger partial charge in [0.15, 0.2) is 0 Å². The van der Waals surface area contributed by atoms with Gasteiger partial charge in [-0.3, -0.25) is 4.90 Å². The van der Waals surface area contributed by atoms with Crippen LogP contribution in [0, 0.1) is 0 Å². The predicted octanol–water partition coefficient (Wildman–Crippen LogP) is 11.6. The van der Waals surface area contributed by atoms with E-state index >= 15 is 0 Å². The van der Waals surface area contributed by atoms with Crippen LogP contribution < -0.4 is 0 Å². The molecule has 0 saturated carbocycles. The molecule has 296 valence electrons. The molecule has 0 N–H and O–H groups in total. The standard InChI is InChI=1S/C47H67NO6/c1-7-8-9-10-11-12-13-14-15-16-26-33-42(50-34-38-27-20-17-21-28-38)44(52-36-40-31-24-19-25-32-40)43(51-35-39-29-22-18-23-30-39)41-37-53-47(5,6)48(41)45(49)54-46(2,3)4/h17-33,41-44H,7-16,34-37H2,1-6H3/b33-26-/t41-,42+,43-,44+/m0/s1. The highest BCUT2D eigenvalue weighted by atomic mass is 16.6. The lowest BCUT2D eigenvalue weighted by Crippen LogP contribution is -2.58. The summed E-state index contributed by atoms with van der Waals surface area (Å²) in [5.74, 6) is 0. The van der Waals surface area contributed by atoms with E-state index in [9.17, 15) is 4.79 Å². The molecule has 4 rings (SSSR count). The minimum absolute atomic E-state index is 0.254. The number of nitrogens with zero attached hydrogens (tertiary/aromatic N) is 1. The molecule has 1 aliphatic heterocycles. The average Bonchev–Trinajstić information content (AvgIpc) is 3.48. The van der Waals surface area contributed by atoms with Gasteiger partial charge in [0.05, 0.1) is 32.5 Å². The van der Waals surface area contributed by atoms with Gasteiger partial charge in [0.25, 0.3) is 0 Å². The third kappa shape index (κ3) is 15.0. The molecule has 0 spiro atoms. The normalized spacial score (nSPS) is 17.4. The molecule has 1 aliphatic rings. The Morgan fingerprint density at radius 1 is 0.741 bits per heavy atom. The molecule has 0 aliphatic carbocycles. The summed E-state index contributed by atoms with van der Waals surface area (Å²) in [5.41, 5.74) is 1.51. The molecular formula is C47H67NO6. The molecule has 1 heterocycles. The fraction of sp³-hybridized carbons (Fsp3) is 0.553. The summed E-state index contributed by atoms with van der Waals surface area (Å²) in [4.78, 5) is 15.7. The monoisotopic (exact) mass is 741 g/mol. The highest BCUT2D eigenvalue weighted by molar-refractivity contribution is 5.70. The van der Waals surface area contributed by atoms with Gasteiger partial charge in [0.1, 0.15) is 29.6 Å². The van der Waals surface area contributed by atoms with E-state index in [-0.39, 0.29) is 6.61 Å². The Labute approximate surface area is 326 Å². The van der Waals surface area contributed by atoms with Crippen LogP contribution in [0.3, 0.4) is 0 Å². The maximum atomic E-state index is 14.0. The van der Waals surface area contributed by atoms with Crippen LogP contribution in [0.1, 0.15) is 122 Å². The van der Waals surface area contributed by atoms with Gasteiger partial charge in [-0.1, -0.05) is 161 Å². The van der Waals surface area contributed by atoms with Crippen molar-refractivity contribution in [3.63, 3.8) is 0 Å². The number of rotatable bonds is 23. The van der Waals surface area contributed by atoms with Crippen LogP contribution in [-0.4, -0.2) is 53.3 Å². The van der Waals surface area contributed by atoms with Crippen molar-refractivity contribution in [3.8, 4) is 0 Å². The second kappa shape index (κ2) is 22.8. The molecule has 1 saturated heterocycles. The van der Waals surface area contributed by atoms with E-state index in [1.165, 1.54) is 51.4 Å². The highest BCUT2D eigenvalue weighted by Crippen LogP contribution is 2.35. The lowest BCUT2D eigenvalue weighted by molar-refractivity contribution is -0.157. The lowest BCUT2D eigenvalue weighted by atomic mass is 9.98. The van der Waals surface area contributed by atoms with E-state index < -0.39 is 41.8 Å². The molecule has 1 amide bonds. The molecule has 3 aromatic carbocycles. The Hall–Kier alpha value is -3.49. The van der Waals surface area contributed by atoms with E-state index in [1.807, 2.05) is 101 Å². The summed E-state index contributed by atoms with van der Waals surface area (Å²) in [6, 6.07) is 30.0. The van der Waals surface area contributed by atoms with Crippen molar-refractivity contribution >= 4 is 6.09 Å². The van der Waals surface area contributed by atoms with Gasteiger partial charge in [-0.2, -0.15) is 0 Å². The van der Waals surface area contributed by atoms with Crippen LogP contribution in [-0.2, 0) is 43.5 Å². The Morgan fingerprint density at radius 2 is 1.22 bits per heavy atom. The van der Waals surface area contributed by atoms with Gasteiger partial charge in [0.2, 0.25) is 0 Å². The van der Waals surface area contributed by atoms with Crippen LogP contribution >= 0.6 is 0 Å². The molecule has 7 nitrogen and oxygen atoms in total. The number of carbonyl (C=O) groups is 1. The van der Waals surface area contributed by atoms with Gasteiger partial charge >= 0.3 is 6.09 Å². The van der Waals surface area contributed by atoms with Gasteiger partial charge < -0.3 is 23.7 Å². The number of allylic oxidation sites excluding steroid dienone is 1. The SMILES string of the molecule is CCCCCCCCCCC/C=C\[C@@H](OCc1ccccc1)[C@@H](OCc1ccccc1)[C@@H](OCc1ccccc1)[C@@H]1COC(C)(C)N1C(=O)OC(C)(C)C. The molecule has 54 heavy (non-hydrogen) atoms. The molecule has 4 atom stereocenters. The summed E-state index contributed by atoms with van der Waals surface area (Å²) in [6.07, 6.45) is 14.7. The first-order valence-corrected chi connectivity index (χ1v) is 20.4. The fourth-order valence-corrected chi connectivity index (χ4v) is 6.91. The Balaban J connectivity index is 1.66. The van der Waals surface area contributed by atoms with Crippen molar-refractivity contribution in [1.29, 1.82) is 0 Å². The summed E-state index contributed by atoms with van der Waals surface area (Å²) >= 11 is 0. The first kappa shape index (κ1) is 43.2. The summed E-state index contributed by atoms with van der Waals surface area (Å²) in [7, 11) is 0. The predicted molar refractivity (Wildman–Crippen MR) is 218 cm³/mol. The van der Waals surface area contributed by atoms with Gasteiger partial charge in [0, 0.05) is 0 Å². The van der Waals surface area contributed by atoms with Crippen LogP contribution in [0.15, 0.2) is 103 Å². The molecule has 0 unspecified atom stereocenters. The summed E-state index contributed by atoms with van der Waals surface area (Å²) in [6.45, 7) is 13.0. The van der Waals surface area contributed by atoms with Crippen LogP contribution in [0.4, 0.5) is 4.79 Å². The zero-order valence-electron chi connectivity index (χ0n) is 33.9. The van der Waals surface area contributed by atoms with E-state index in [0.717, 1.165) is 29.5 Å². The molecular weight excluding hydrogens is 675 g/mol. The average molecular weight is 742 g/mol. The first-order valence-electron chi connectivity index (χ1n) is 20.4. The third-order valence-corrected chi connectivity index (χ3v) is 9.79. The zero-order chi connectivity index (χ0) is 38.7. The van der Waals surface area contributed by atoms with Crippen LogP contribution in [0.25, 0.3) is 0 Å². The van der Waals surface area contributed by atoms with Gasteiger partial charge in [-0.25, -0.2) is 4.79 Å². The maximum Gasteiger partial charge on any atom is 0.412 e. The molecule has 7 heteroatoms. The summed E-state index contributed by atoms with van der Waals surface area (Å²) in [5, 5.41) is 0. The fourth-order valence-electron chi connectivity index (χ4n) is 6.91. The van der Waals surface area contributed by atoms with Crippen molar-refractivity contribution in [2.24, 2.45) is 0 Å². The smallest absolute Gasteiger partial charge is 0.412 e. The molecule has 0 radical (unpaired) electrons. The molecule has 1 fully saturated rings.